The summed E-state index contributed by atoms with van der Waals surface area (Å²) in [5, 5.41) is 1.90. The molecule has 1 aliphatic rings. The van der Waals surface area contributed by atoms with Crippen LogP contribution in [0.2, 0.25) is 0 Å². The minimum Gasteiger partial charge on any atom is -0.353 e. The molecular weight excluding hydrogens is 327 g/mol. The molecule has 0 aromatic heterocycles. The van der Waals surface area contributed by atoms with Crippen molar-refractivity contribution in [2.45, 2.75) is 32.7 Å². The Morgan fingerprint density at radius 3 is 2.00 bits per heavy atom. The van der Waals surface area contributed by atoms with Crippen molar-refractivity contribution in [1.29, 1.82) is 0 Å². The van der Waals surface area contributed by atoms with Crippen molar-refractivity contribution in [1.82, 2.24) is 15.1 Å². The Kier molecular flexibility index (Phi) is 9.57. The summed E-state index contributed by atoms with van der Waals surface area (Å²) in [6.45, 7) is 9.63. The smallest absolute Gasteiger partial charge is 0.353 e. The highest BCUT2D eigenvalue weighted by molar-refractivity contribution is 5.81. The van der Waals surface area contributed by atoms with Crippen molar-refractivity contribution in [2.75, 3.05) is 59.0 Å². The number of carbonyl (C=O) groups excluding carboxylic acids is 1. The van der Waals surface area contributed by atoms with E-state index in [9.17, 15) is 18.0 Å². The lowest BCUT2D eigenvalue weighted by Crippen LogP contribution is -2.49. The third-order valence-corrected chi connectivity index (χ3v) is 3.82. The van der Waals surface area contributed by atoms with Crippen molar-refractivity contribution in [3.63, 3.8) is 0 Å². The van der Waals surface area contributed by atoms with Crippen LogP contribution in [0, 0.1) is 0 Å². The largest absolute Gasteiger partial charge is 0.471 e. The van der Waals surface area contributed by atoms with Gasteiger partial charge in [-0.2, -0.15) is 13.2 Å². The van der Waals surface area contributed by atoms with Gasteiger partial charge in [-0.1, -0.05) is 0 Å². The quantitative estimate of drug-likeness (QED) is 0.594. The highest BCUT2D eigenvalue weighted by Gasteiger charge is 2.38. The van der Waals surface area contributed by atoms with Crippen molar-refractivity contribution < 1.29 is 27.4 Å². The fourth-order valence-corrected chi connectivity index (χ4v) is 2.54. The van der Waals surface area contributed by atoms with Gasteiger partial charge in [0.15, 0.2) is 6.29 Å². The van der Waals surface area contributed by atoms with E-state index in [0.717, 1.165) is 39.1 Å². The van der Waals surface area contributed by atoms with Gasteiger partial charge >= 0.3 is 12.1 Å². The Morgan fingerprint density at radius 2 is 1.54 bits per heavy atom. The number of carbonyl (C=O) groups is 1. The first-order valence-electron chi connectivity index (χ1n) is 8.39. The number of nitrogens with zero attached hydrogens (tertiary/aromatic N) is 2. The van der Waals surface area contributed by atoms with Gasteiger partial charge in [-0.05, 0) is 13.8 Å². The number of halogens is 3. The third-order valence-electron chi connectivity index (χ3n) is 3.82. The maximum Gasteiger partial charge on any atom is 0.471 e. The van der Waals surface area contributed by atoms with Gasteiger partial charge < -0.3 is 19.7 Å². The maximum atomic E-state index is 12.1. The summed E-state index contributed by atoms with van der Waals surface area (Å²) >= 11 is 0. The summed E-state index contributed by atoms with van der Waals surface area (Å²) in [7, 11) is 0. The standard InChI is InChI=1S/C15H28F3N3O3/c1-3-23-13(24-4-2)5-7-20-9-11-21(12-10-20)8-6-19-14(22)15(16,17)18/h13H,3-12H2,1-2H3,(H,19,22). The summed E-state index contributed by atoms with van der Waals surface area (Å²) in [5.74, 6) is -1.88. The molecule has 1 N–H and O–H groups in total. The van der Waals surface area contributed by atoms with E-state index in [0.29, 0.717) is 19.8 Å². The average Bonchev–Trinajstić information content (AvgIpc) is 2.53. The second kappa shape index (κ2) is 10.9. The van der Waals surface area contributed by atoms with Gasteiger partial charge in [0.1, 0.15) is 0 Å². The molecule has 1 aliphatic heterocycles. The number of nitrogens with one attached hydrogen (secondary N) is 1. The first kappa shape index (κ1) is 21.1. The number of hydrogen-bond acceptors (Lipinski definition) is 5. The van der Waals surface area contributed by atoms with Crippen LogP contribution >= 0.6 is 0 Å². The predicted octanol–water partition coefficient (Wildman–Crippen LogP) is 1.07. The lowest BCUT2D eigenvalue weighted by atomic mass is 10.3. The summed E-state index contributed by atoms with van der Waals surface area (Å²) in [4.78, 5) is 15.1. The van der Waals surface area contributed by atoms with E-state index >= 15 is 0 Å². The number of rotatable bonds is 10. The van der Waals surface area contributed by atoms with Gasteiger partial charge in [-0.3, -0.25) is 9.69 Å². The Bertz CT molecular complexity index is 356. The van der Waals surface area contributed by atoms with Crippen LogP contribution in [0.15, 0.2) is 0 Å². The first-order chi connectivity index (χ1) is 11.4. The van der Waals surface area contributed by atoms with Crippen LogP contribution in [0.25, 0.3) is 0 Å². The molecule has 1 heterocycles. The highest BCUT2D eigenvalue weighted by atomic mass is 19.4. The Hall–Kier alpha value is -0.900. The molecule has 1 rings (SSSR count). The molecule has 0 bridgehead atoms. The monoisotopic (exact) mass is 355 g/mol. The summed E-state index contributed by atoms with van der Waals surface area (Å²) < 4.78 is 47.2. The SMILES string of the molecule is CCOC(CCN1CCN(CCNC(=O)C(F)(F)F)CC1)OCC. The molecule has 0 aromatic carbocycles. The van der Waals surface area contributed by atoms with Crippen molar-refractivity contribution in [3.8, 4) is 0 Å². The molecule has 9 heteroatoms. The molecule has 6 nitrogen and oxygen atoms in total. The molecule has 0 atom stereocenters. The summed E-state index contributed by atoms with van der Waals surface area (Å²) in [6, 6.07) is 0. The van der Waals surface area contributed by atoms with Crippen molar-refractivity contribution >= 4 is 5.91 Å². The summed E-state index contributed by atoms with van der Waals surface area (Å²) in [6.07, 6.45) is -4.20. The van der Waals surface area contributed by atoms with Gasteiger partial charge in [0.05, 0.1) is 0 Å². The Balaban J connectivity index is 2.16. The van der Waals surface area contributed by atoms with E-state index in [2.05, 4.69) is 9.80 Å². The van der Waals surface area contributed by atoms with Gasteiger partial charge in [-0.15, -0.1) is 0 Å². The molecule has 0 saturated carbocycles. The molecule has 0 unspecified atom stereocenters. The topological polar surface area (TPSA) is 54.0 Å². The van der Waals surface area contributed by atoms with Gasteiger partial charge in [0.25, 0.3) is 0 Å². The van der Waals surface area contributed by atoms with Crippen LogP contribution in [0.4, 0.5) is 13.2 Å². The predicted molar refractivity (Wildman–Crippen MR) is 83.6 cm³/mol. The lowest BCUT2D eigenvalue weighted by molar-refractivity contribution is -0.173. The number of ether oxygens (including phenoxy) is 2. The number of alkyl halides is 3. The molecule has 1 saturated heterocycles. The first-order valence-corrected chi connectivity index (χ1v) is 8.39. The van der Waals surface area contributed by atoms with Crippen LogP contribution in [0.5, 0.6) is 0 Å². The molecule has 0 aromatic rings. The van der Waals surface area contributed by atoms with E-state index < -0.39 is 12.1 Å². The van der Waals surface area contributed by atoms with E-state index in [4.69, 9.17) is 9.47 Å². The van der Waals surface area contributed by atoms with E-state index in [-0.39, 0.29) is 12.8 Å². The van der Waals surface area contributed by atoms with Gasteiger partial charge in [-0.25, -0.2) is 0 Å². The molecule has 0 radical (unpaired) electrons. The van der Waals surface area contributed by atoms with Crippen LogP contribution in [-0.2, 0) is 14.3 Å². The normalized spacial score (nSPS) is 17.4. The third kappa shape index (κ3) is 8.27. The number of amides is 1. The minimum atomic E-state index is -4.81. The van der Waals surface area contributed by atoms with Crippen LogP contribution in [-0.4, -0.2) is 87.2 Å². The molecule has 1 amide bonds. The Morgan fingerprint density at radius 1 is 1.04 bits per heavy atom. The molecule has 24 heavy (non-hydrogen) atoms. The molecular formula is C15H28F3N3O3. The second-order valence-electron chi connectivity index (χ2n) is 5.57. The molecule has 0 spiro atoms. The summed E-state index contributed by atoms with van der Waals surface area (Å²) in [5.41, 5.74) is 0. The number of hydrogen-bond donors (Lipinski definition) is 1. The molecule has 0 aliphatic carbocycles. The van der Waals surface area contributed by atoms with Gasteiger partial charge in [0, 0.05) is 65.4 Å². The van der Waals surface area contributed by atoms with E-state index in [1.165, 1.54) is 0 Å². The second-order valence-corrected chi connectivity index (χ2v) is 5.57. The van der Waals surface area contributed by atoms with Gasteiger partial charge in [0.2, 0.25) is 0 Å². The van der Waals surface area contributed by atoms with Crippen LogP contribution in [0.1, 0.15) is 20.3 Å². The zero-order chi connectivity index (χ0) is 18.0. The fraction of sp³-hybridized carbons (Fsp3) is 0.933. The van der Waals surface area contributed by atoms with Crippen LogP contribution in [0.3, 0.4) is 0 Å². The van der Waals surface area contributed by atoms with E-state index in [1.54, 1.807) is 0 Å². The average molecular weight is 355 g/mol. The Labute approximate surface area is 141 Å². The van der Waals surface area contributed by atoms with Crippen LogP contribution < -0.4 is 5.32 Å². The maximum absolute atomic E-state index is 12.1. The van der Waals surface area contributed by atoms with Crippen molar-refractivity contribution in [3.05, 3.63) is 0 Å². The molecule has 142 valence electrons. The minimum absolute atomic E-state index is 0.00903. The number of piperazine rings is 1. The highest BCUT2D eigenvalue weighted by Crippen LogP contribution is 2.13. The zero-order valence-corrected chi connectivity index (χ0v) is 14.4. The fourth-order valence-electron chi connectivity index (χ4n) is 2.54. The zero-order valence-electron chi connectivity index (χ0n) is 14.4. The molecule has 1 fully saturated rings. The van der Waals surface area contributed by atoms with Crippen molar-refractivity contribution in [2.24, 2.45) is 0 Å². The lowest BCUT2D eigenvalue weighted by Gasteiger charge is -2.35. The van der Waals surface area contributed by atoms with E-state index in [1.807, 2.05) is 19.2 Å².